The molecular formula is C18H36N2O3. The molecule has 1 aliphatic rings. The van der Waals surface area contributed by atoms with Crippen LogP contribution in [-0.4, -0.2) is 55.5 Å². The van der Waals surface area contributed by atoms with Crippen LogP contribution >= 0.6 is 0 Å². The van der Waals surface area contributed by atoms with Gasteiger partial charge in [-0.05, 0) is 52.4 Å². The first kappa shape index (κ1) is 20.2. The van der Waals surface area contributed by atoms with E-state index in [1.54, 1.807) is 0 Å². The lowest BCUT2D eigenvalue weighted by Gasteiger charge is -2.36. The van der Waals surface area contributed by atoms with Gasteiger partial charge in [0.05, 0.1) is 6.61 Å². The van der Waals surface area contributed by atoms with E-state index in [1.165, 1.54) is 0 Å². The van der Waals surface area contributed by atoms with E-state index in [4.69, 9.17) is 9.47 Å². The molecule has 5 heteroatoms. The fraction of sp³-hybridized carbons (Fsp3) is 0.944. The van der Waals surface area contributed by atoms with Crippen molar-refractivity contribution in [3.8, 4) is 0 Å². The van der Waals surface area contributed by atoms with E-state index in [-0.39, 0.29) is 6.09 Å². The minimum atomic E-state index is -0.429. The highest BCUT2D eigenvalue weighted by Gasteiger charge is 2.29. The summed E-state index contributed by atoms with van der Waals surface area (Å²) in [5, 5.41) is 3.53. The van der Waals surface area contributed by atoms with Crippen molar-refractivity contribution in [2.45, 2.75) is 66.0 Å². The molecule has 5 nitrogen and oxygen atoms in total. The van der Waals surface area contributed by atoms with Gasteiger partial charge in [0.25, 0.3) is 0 Å². The minimum Gasteiger partial charge on any atom is -0.444 e. The molecule has 1 amide bonds. The first-order valence-corrected chi connectivity index (χ1v) is 8.98. The summed E-state index contributed by atoms with van der Waals surface area (Å²) in [5.41, 5.74) is -0.429. The number of rotatable bonds is 7. The number of nitrogens with zero attached hydrogens (tertiary/aromatic N) is 1. The Bertz CT molecular complexity index is 353. The van der Waals surface area contributed by atoms with Crippen LogP contribution in [0.25, 0.3) is 0 Å². The lowest BCUT2D eigenvalue weighted by atomic mass is 9.92. The van der Waals surface area contributed by atoms with Gasteiger partial charge in [0, 0.05) is 32.3 Å². The Kier molecular flexibility index (Phi) is 8.34. The third kappa shape index (κ3) is 8.56. The van der Waals surface area contributed by atoms with E-state index in [1.807, 2.05) is 25.7 Å². The van der Waals surface area contributed by atoms with Crippen LogP contribution in [-0.2, 0) is 9.47 Å². The fourth-order valence-electron chi connectivity index (χ4n) is 2.75. The highest BCUT2D eigenvalue weighted by Crippen LogP contribution is 2.21. The van der Waals surface area contributed by atoms with Crippen LogP contribution in [0.3, 0.4) is 0 Å². The van der Waals surface area contributed by atoms with Crippen LogP contribution in [0.15, 0.2) is 0 Å². The van der Waals surface area contributed by atoms with Gasteiger partial charge in [-0.15, -0.1) is 0 Å². The second-order valence-corrected chi connectivity index (χ2v) is 8.04. The molecule has 2 atom stereocenters. The number of nitrogens with one attached hydrogen (secondary N) is 1. The van der Waals surface area contributed by atoms with E-state index >= 15 is 0 Å². The van der Waals surface area contributed by atoms with Crippen molar-refractivity contribution >= 4 is 6.09 Å². The summed E-state index contributed by atoms with van der Waals surface area (Å²) < 4.78 is 11.1. The maximum absolute atomic E-state index is 12.2. The lowest BCUT2D eigenvalue weighted by Crippen LogP contribution is -2.48. The molecule has 1 fully saturated rings. The van der Waals surface area contributed by atoms with Crippen molar-refractivity contribution in [1.82, 2.24) is 10.2 Å². The van der Waals surface area contributed by atoms with Crippen LogP contribution in [0.2, 0.25) is 0 Å². The van der Waals surface area contributed by atoms with Crippen molar-refractivity contribution < 1.29 is 14.3 Å². The molecule has 1 rings (SSSR count). The average Bonchev–Trinajstić information content (AvgIpc) is 2.44. The Morgan fingerprint density at radius 2 is 2.00 bits per heavy atom. The summed E-state index contributed by atoms with van der Waals surface area (Å²) >= 11 is 0. The molecule has 0 aromatic heterocycles. The van der Waals surface area contributed by atoms with Crippen LogP contribution < -0.4 is 5.32 Å². The van der Waals surface area contributed by atoms with Gasteiger partial charge in [-0.3, -0.25) is 0 Å². The quantitative estimate of drug-likeness (QED) is 0.729. The molecule has 0 aliphatic carbocycles. The fourth-order valence-corrected chi connectivity index (χ4v) is 2.75. The number of likely N-dealkylation sites (tertiary alicyclic amines) is 1. The molecule has 1 heterocycles. The molecule has 1 aliphatic heterocycles. The summed E-state index contributed by atoms with van der Waals surface area (Å²) in [6.45, 7) is 16.2. The van der Waals surface area contributed by atoms with E-state index < -0.39 is 5.60 Å². The Hall–Kier alpha value is -0.810. The number of carbonyl (C=O) groups is 1. The van der Waals surface area contributed by atoms with Gasteiger partial charge >= 0.3 is 6.09 Å². The van der Waals surface area contributed by atoms with Crippen molar-refractivity contribution in [2.24, 2.45) is 11.8 Å². The van der Waals surface area contributed by atoms with Crippen molar-refractivity contribution in [2.75, 3.05) is 32.8 Å². The Morgan fingerprint density at radius 3 is 2.61 bits per heavy atom. The molecule has 0 spiro atoms. The van der Waals surface area contributed by atoms with Gasteiger partial charge in [-0.2, -0.15) is 0 Å². The number of hydrogen-bond acceptors (Lipinski definition) is 4. The Balaban J connectivity index is 2.32. The molecule has 0 bridgehead atoms. The van der Waals surface area contributed by atoms with Crippen molar-refractivity contribution in [3.05, 3.63) is 0 Å². The summed E-state index contributed by atoms with van der Waals surface area (Å²) in [4.78, 5) is 14.1. The Labute approximate surface area is 142 Å². The summed E-state index contributed by atoms with van der Waals surface area (Å²) in [7, 11) is 0. The predicted molar refractivity (Wildman–Crippen MR) is 93.7 cm³/mol. The maximum Gasteiger partial charge on any atom is 0.410 e. The number of hydrogen-bond donors (Lipinski definition) is 1. The zero-order valence-electron chi connectivity index (χ0n) is 15.9. The zero-order valence-corrected chi connectivity index (χ0v) is 15.9. The molecule has 0 saturated carbocycles. The third-order valence-corrected chi connectivity index (χ3v) is 3.98. The second-order valence-electron chi connectivity index (χ2n) is 8.04. The summed E-state index contributed by atoms with van der Waals surface area (Å²) in [5.74, 6) is 1.05. The molecule has 136 valence electrons. The van der Waals surface area contributed by atoms with Crippen molar-refractivity contribution in [3.63, 3.8) is 0 Å². The highest BCUT2D eigenvalue weighted by molar-refractivity contribution is 5.68. The molecular weight excluding hydrogens is 292 g/mol. The molecule has 0 aromatic carbocycles. The topological polar surface area (TPSA) is 50.8 Å². The second kappa shape index (κ2) is 9.48. The molecule has 2 unspecified atom stereocenters. The first-order valence-electron chi connectivity index (χ1n) is 8.98. The van der Waals surface area contributed by atoms with Crippen molar-refractivity contribution in [1.29, 1.82) is 0 Å². The van der Waals surface area contributed by atoms with Crippen LogP contribution in [0.5, 0.6) is 0 Å². The summed E-state index contributed by atoms with van der Waals surface area (Å²) in [6, 6.07) is 0.378. The maximum atomic E-state index is 12.2. The normalized spacial score (nSPS) is 20.7. The number of carbonyl (C=O) groups excluding carboxylic acids is 1. The van der Waals surface area contributed by atoms with E-state index in [0.29, 0.717) is 17.9 Å². The molecule has 0 aromatic rings. The SMILES string of the molecule is CC(C)COCCNC(C)C1CCCN(C(=O)OC(C)(C)C)C1. The van der Waals surface area contributed by atoms with E-state index in [0.717, 1.165) is 45.7 Å². The standard InChI is InChI=1S/C18H36N2O3/c1-14(2)13-22-11-9-19-15(3)16-8-7-10-20(12-16)17(21)23-18(4,5)6/h14-16,19H,7-13H2,1-6H3. The Morgan fingerprint density at radius 1 is 1.30 bits per heavy atom. The minimum absolute atomic E-state index is 0.185. The largest absolute Gasteiger partial charge is 0.444 e. The van der Waals surface area contributed by atoms with Crippen LogP contribution in [0, 0.1) is 11.8 Å². The van der Waals surface area contributed by atoms with Crippen LogP contribution in [0.4, 0.5) is 4.79 Å². The van der Waals surface area contributed by atoms with Gasteiger partial charge < -0.3 is 19.7 Å². The van der Waals surface area contributed by atoms with Gasteiger partial charge in [0.15, 0.2) is 0 Å². The van der Waals surface area contributed by atoms with E-state index in [9.17, 15) is 4.79 Å². The molecule has 0 radical (unpaired) electrons. The molecule has 1 saturated heterocycles. The van der Waals surface area contributed by atoms with Gasteiger partial charge in [0.1, 0.15) is 5.60 Å². The van der Waals surface area contributed by atoms with Gasteiger partial charge in [-0.25, -0.2) is 4.79 Å². The number of piperidine rings is 1. The monoisotopic (exact) mass is 328 g/mol. The van der Waals surface area contributed by atoms with Gasteiger partial charge in [0.2, 0.25) is 0 Å². The first-order chi connectivity index (χ1) is 10.7. The lowest BCUT2D eigenvalue weighted by molar-refractivity contribution is 0.0146. The smallest absolute Gasteiger partial charge is 0.410 e. The van der Waals surface area contributed by atoms with E-state index in [2.05, 4.69) is 26.1 Å². The zero-order chi connectivity index (χ0) is 17.5. The third-order valence-electron chi connectivity index (χ3n) is 3.98. The molecule has 1 N–H and O–H groups in total. The van der Waals surface area contributed by atoms with Crippen LogP contribution in [0.1, 0.15) is 54.4 Å². The highest BCUT2D eigenvalue weighted by atomic mass is 16.6. The predicted octanol–water partition coefficient (Wildman–Crippen LogP) is 3.28. The molecule has 23 heavy (non-hydrogen) atoms. The number of amides is 1. The van der Waals surface area contributed by atoms with Gasteiger partial charge in [-0.1, -0.05) is 13.8 Å². The average molecular weight is 328 g/mol. The summed E-state index contributed by atoms with van der Waals surface area (Å²) in [6.07, 6.45) is 2.01. The number of ether oxygens (including phenoxy) is 2.